The van der Waals surface area contributed by atoms with Crippen molar-refractivity contribution in [1.29, 1.82) is 0 Å². The van der Waals surface area contributed by atoms with E-state index in [1.807, 2.05) is 19.1 Å². The lowest BCUT2D eigenvalue weighted by atomic mass is 10.0. The van der Waals surface area contributed by atoms with Crippen molar-refractivity contribution >= 4 is 46.1 Å². The van der Waals surface area contributed by atoms with Crippen LogP contribution in [0.5, 0.6) is 0 Å². The van der Waals surface area contributed by atoms with E-state index in [2.05, 4.69) is 10.4 Å². The average Bonchev–Trinajstić information content (AvgIpc) is 3.37. The maximum absolute atomic E-state index is 13.5. The maximum atomic E-state index is 13.5. The number of carbonyl (C=O) groups excluding carboxylic acids is 2. The molecule has 1 N–H and O–H groups in total. The van der Waals surface area contributed by atoms with Gasteiger partial charge in [0.05, 0.1) is 21.7 Å². The molecule has 0 spiro atoms. The number of fused-ring (bicyclic) bond motifs is 1. The largest absolute Gasteiger partial charge is 0.359 e. The number of ketones is 1. The molecule has 0 aliphatic rings. The van der Waals surface area contributed by atoms with Crippen molar-refractivity contribution in [2.24, 2.45) is 0 Å². The van der Waals surface area contributed by atoms with Crippen LogP contribution in [0.3, 0.4) is 0 Å². The van der Waals surface area contributed by atoms with E-state index in [0.717, 1.165) is 11.8 Å². The van der Waals surface area contributed by atoms with Gasteiger partial charge in [0.1, 0.15) is 6.73 Å². The van der Waals surface area contributed by atoms with Crippen LogP contribution in [0.1, 0.15) is 50.9 Å². The lowest BCUT2D eigenvalue weighted by Crippen LogP contribution is -2.12. The molecule has 0 unspecified atom stereocenters. The molecule has 0 fully saturated rings. The summed E-state index contributed by atoms with van der Waals surface area (Å²) in [6, 6.07) is 27.4. The Labute approximate surface area is 242 Å². The summed E-state index contributed by atoms with van der Waals surface area (Å²) in [4.78, 5) is 37.2. The van der Waals surface area contributed by atoms with Gasteiger partial charge in [-0.1, -0.05) is 55.5 Å². The molecule has 0 bridgehead atoms. The number of carbonyl (C=O) groups is 2. The first-order valence-electron chi connectivity index (χ1n) is 13.5. The molecule has 5 rings (SSSR count). The molecule has 0 aliphatic carbocycles. The number of amides is 1. The summed E-state index contributed by atoms with van der Waals surface area (Å²) in [6.07, 6.45) is 4.22. The highest BCUT2D eigenvalue weighted by Gasteiger charge is 2.16. The van der Waals surface area contributed by atoms with Gasteiger partial charge in [-0.25, -0.2) is 4.68 Å². The van der Waals surface area contributed by atoms with Crippen molar-refractivity contribution in [2.75, 3.05) is 11.9 Å². The van der Waals surface area contributed by atoms with Gasteiger partial charge in [-0.15, -0.1) is 0 Å². The summed E-state index contributed by atoms with van der Waals surface area (Å²) in [6.45, 7) is 2.74. The number of para-hydroxylation sites is 1. The molecule has 1 aromatic heterocycles. The first kappa shape index (κ1) is 28.1. The molecule has 0 saturated heterocycles. The molecule has 5 aromatic rings. The number of nitro groups is 1. The molecule has 0 atom stereocenters. The van der Waals surface area contributed by atoms with Gasteiger partial charge < -0.3 is 10.1 Å². The third-order valence-corrected chi connectivity index (χ3v) is 6.58. The quantitative estimate of drug-likeness (QED) is 0.0806. The van der Waals surface area contributed by atoms with Crippen LogP contribution >= 0.6 is 0 Å². The normalized spacial score (nSPS) is 11.2. The van der Waals surface area contributed by atoms with Gasteiger partial charge in [-0.05, 0) is 61.0 Å². The second-order valence-electron chi connectivity index (χ2n) is 9.53. The number of aromatic nitrogens is 2. The van der Waals surface area contributed by atoms with Gasteiger partial charge in [0, 0.05) is 40.4 Å². The molecule has 1 heterocycles. The molecule has 4 aromatic carbocycles. The Hall–Kier alpha value is -5.41. The number of hydrogen-bond acceptors (Lipinski definition) is 6. The minimum absolute atomic E-state index is 0.00108. The van der Waals surface area contributed by atoms with E-state index in [0.29, 0.717) is 45.8 Å². The zero-order chi connectivity index (χ0) is 29.5. The Morgan fingerprint density at radius 2 is 1.64 bits per heavy atom. The standard InChI is InChI=1S/C33H28N4O5/c1-2-19-42-22-36-31-21-26(15-17-28(31)29(35-36)18-16-23-9-6-7-14-30(23)37(40)41)32(38)25-12-8-13-27(20-25)34-33(39)24-10-4-3-5-11-24/h3-18,20-21H,2,19,22H2,1H3,(H,34,39)/b18-16+. The van der Waals surface area contributed by atoms with E-state index in [1.54, 1.807) is 95.7 Å². The van der Waals surface area contributed by atoms with Crippen LogP contribution in [-0.4, -0.2) is 33.0 Å². The van der Waals surface area contributed by atoms with E-state index in [1.165, 1.54) is 6.07 Å². The second-order valence-corrected chi connectivity index (χ2v) is 9.53. The van der Waals surface area contributed by atoms with E-state index < -0.39 is 4.92 Å². The van der Waals surface area contributed by atoms with Crippen LogP contribution in [0, 0.1) is 10.1 Å². The summed E-state index contributed by atoms with van der Waals surface area (Å²) in [5.41, 5.74) is 3.63. The Morgan fingerprint density at radius 3 is 2.43 bits per heavy atom. The van der Waals surface area contributed by atoms with Crippen LogP contribution in [0.15, 0.2) is 97.1 Å². The van der Waals surface area contributed by atoms with Crippen molar-refractivity contribution in [3.8, 4) is 0 Å². The highest BCUT2D eigenvalue weighted by molar-refractivity contribution is 6.12. The number of anilines is 1. The number of nitrogens with zero attached hydrogens (tertiary/aromatic N) is 3. The Bertz CT molecular complexity index is 1790. The maximum Gasteiger partial charge on any atom is 0.276 e. The number of hydrogen-bond donors (Lipinski definition) is 1. The van der Waals surface area contributed by atoms with E-state index in [9.17, 15) is 19.7 Å². The zero-order valence-corrected chi connectivity index (χ0v) is 22.9. The molecule has 1 amide bonds. The molecule has 9 nitrogen and oxygen atoms in total. The van der Waals surface area contributed by atoms with Crippen LogP contribution in [0.25, 0.3) is 23.1 Å². The van der Waals surface area contributed by atoms with E-state index in [-0.39, 0.29) is 24.1 Å². The highest BCUT2D eigenvalue weighted by atomic mass is 16.6. The van der Waals surface area contributed by atoms with Crippen molar-refractivity contribution in [2.45, 2.75) is 20.1 Å². The predicted molar refractivity (Wildman–Crippen MR) is 162 cm³/mol. The number of benzene rings is 4. The molecule has 9 heteroatoms. The van der Waals surface area contributed by atoms with Crippen molar-refractivity contribution in [3.63, 3.8) is 0 Å². The van der Waals surface area contributed by atoms with Gasteiger partial charge in [0.2, 0.25) is 0 Å². The fraction of sp³-hybridized carbons (Fsp3) is 0.121. The molecule has 210 valence electrons. The third kappa shape index (κ3) is 6.32. The minimum atomic E-state index is -0.422. The average molecular weight is 561 g/mol. The van der Waals surface area contributed by atoms with Crippen LogP contribution in [0.2, 0.25) is 0 Å². The first-order chi connectivity index (χ1) is 20.4. The monoisotopic (exact) mass is 560 g/mol. The second kappa shape index (κ2) is 12.8. The number of nitro benzene ring substituents is 1. The number of nitrogens with one attached hydrogen (secondary N) is 1. The lowest BCUT2D eigenvalue weighted by Gasteiger charge is -2.08. The minimum Gasteiger partial charge on any atom is -0.359 e. The third-order valence-electron chi connectivity index (χ3n) is 6.58. The van der Waals surface area contributed by atoms with Crippen molar-refractivity contribution < 1.29 is 19.2 Å². The molecule has 0 aliphatic heterocycles. The Morgan fingerprint density at radius 1 is 0.905 bits per heavy atom. The molecule has 0 radical (unpaired) electrons. The lowest BCUT2D eigenvalue weighted by molar-refractivity contribution is -0.385. The van der Waals surface area contributed by atoms with Crippen LogP contribution in [-0.2, 0) is 11.5 Å². The fourth-order valence-corrected chi connectivity index (χ4v) is 4.52. The van der Waals surface area contributed by atoms with Gasteiger partial charge in [0.25, 0.3) is 11.6 Å². The summed E-state index contributed by atoms with van der Waals surface area (Å²) in [5, 5.41) is 19.7. The Balaban J connectivity index is 1.45. The van der Waals surface area contributed by atoms with E-state index >= 15 is 0 Å². The number of ether oxygens (including phenoxy) is 1. The van der Waals surface area contributed by atoms with Crippen molar-refractivity contribution in [1.82, 2.24) is 9.78 Å². The zero-order valence-electron chi connectivity index (χ0n) is 22.9. The molecule has 0 saturated carbocycles. The smallest absolute Gasteiger partial charge is 0.276 e. The molecule has 42 heavy (non-hydrogen) atoms. The summed E-state index contributed by atoms with van der Waals surface area (Å²) < 4.78 is 7.42. The summed E-state index contributed by atoms with van der Waals surface area (Å²) in [7, 11) is 0. The van der Waals surface area contributed by atoms with Crippen LogP contribution in [0.4, 0.5) is 11.4 Å². The first-order valence-corrected chi connectivity index (χ1v) is 13.5. The van der Waals surface area contributed by atoms with E-state index in [4.69, 9.17) is 4.74 Å². The Kier molecular flexibility index (Phi) is 8.60. The predicted octanol–water partition coefficient (Wildman–Crippen LogP) is 6.98. The van der Waals surface area contributed by atoms with Crippen LogP contribution < -0.4 is 5.32 Å². The molecular formula is C33H28N4O5. The van der Waals surface area contributed by atoms with Gasteiger partial charge in [0.15, 0.2) is 5.78 Å². The summed E-state index contributed by atoms with van der Waals surface area (Å²) >= 11 is 0. The molecular weight excluding hydrogens is 532 g/mol. The van der Waals surface area contributed by atoms with Gasteiger partial charge >= 0.3 is 0 Å². The van der Waals surface area contributed by atoms with Gasteiger partial charge in [-0.3, -0.25) is 19.7 Å². The fourth-order valence-electron chi connectivity index (χ4n) is 4.52. The van der Waals surface area contributed by atoms with Gasteiger partial charge in [-0.2, -0.15) is 5.10 Å². The topological polar surface area (TPSA) is 116 Å². The SMILES string of the molecule is CCCOCn1nc(/C=C/c2ccccc2[N+](=O)[O-])c2ccc(C(=O)c3cccc(NC(=O)c4ccccc4)c3)cc21. The summed E-state index contributed by atoms with van der Waals surface area (Å²) in [5.74, 6) is -0.481. The van der Waals surface area contributed by atoms with Crippen molar-refractivity contribution in [3.05, 3.63) is 135 Å². The number of rotatable bonds is 11. The highest BCUT2D eigenvalue weighted by Crippen LogP contribution is 2.26.